The van der Waals surface area contributed by atoms with Crippen LogP contribution in [0.4, 0.5) is 4.79 Å². The maximum absolute atomic E-state index is 11.7. The molecule has 4 atom stereocenters. The van der Waals surface area contributed by atoms with E-state index in [4.69, 9.17) is 10.3 Å². The van der Waals surface area contributed by atoms with Gasteiger partial charge in [0, 0.05) is 17.9 Å². The Bertz CT molecular complexity index is 479. The third kappa shape index (κ3) is 2.17. The zero-order chi connectivity index (χ0) is 14.9. The third-order valence-corrected chi connectivity index (χ3v) is 3.24. The molecule has 2 fully saturated rings. The van der Waals surface area contributed by atoms with Crippen LogP contribution in [0.5, 0.6) is 0 Å². The summed E-state index contributed by atoms with van der Waals surface area (Å²) >= 11 is 0. The minimum absolute atomic E-state index is 0.00204. The normalized spacial score (nSPS) is 37.5. The summed E-state index contributed by atoms with van der Waals surface area (Å²) in [5, 5.41) is 34.2. The first-order valence-electron chi connectivity index (χ1n) is 5.76. The fourth-order valence-electron chi connectivity index (χ4n) is 2.16. The van der Waals surface area contributed by atoms with E-state index in [0.29, 0.717) is 0 Å². The van der Waals surface area contributed by atoms with Crippen LogP contribution < -0.4 is 5.32 Å². The molecule has 0 saturated carbocycles. The molecule has 4 N–H and O–H groups in total. The molecule has 2 rings (SSSR count). The number of carbonyl (C=O) groups is 2. The molecular formula is C9H13N5O6. The highest BCUT2D eigenvalue weighted by Gasteiger charge is 2.56. The van der Waals surface area contributed by atoms with Crippen LogP contribution in [-0.4, -0.2) is 69.5 Å². The van der Waals surface area contributed by atoms with Gasteiger partial charge in [0.15, 0.2) is 6.23 Å². The lowest BCUT2D eigenvalue weighted by Crippen LogP contribution is -2.56. The first-order chi connectivity index (χ1) is 9.45. The first kappa shape index (κ1) is 14.5. The Balaban J connectivity index is 2.24. The van der Waals surface area contributed by atoms with Crippen molar-refractivity contribution in [2.75, 3.05) is 13.2 Å². The van der Waals surface area contributed by atoms with Gasteiger partial charge in [0.1, 0.15) is 12.2 Å². The van der Waals surface area contributed by atoms with Crippen LogP contribution in [0.3, 0.4) is 0 Å². The largest absolute Gasteiger partial charge is 0.393 e. The number of amides is 3. The highest BCUT2D eigenvalue weighted by molar-refractivity contribution is 5.96. The number of nitrogens with zero attached hydrogens (tertiary/aromatic N) is 4. The highest BCUT2D eigenvalue weighted by Crippen LogP contribution is 2.34. The van der Waals surface area contributed by atoms with Crippen LogP contribution in [0.15, 0.2) is 5.11 Å². The van der Waals surface area contributed by atoms with E-state index in [1.807, 2.05) is 5.32 Å². The Hall–Kier alpha value is -1.91. The lowest BCUT2D eigenvalue weighted by molar-refractivity contribution is -0.141. The molecule has 0 aliphatic carbocycles. The van der Waals surface area contributed by atoms with Crippen LogP contribution in [0, 0.1) is 0 Å². The van der Waals surface area contributed by atoms with Gasteiger partial charge in [0.25, 0.3) is 0 Å². The van der Waals surface area contributed by atoms with Crippen LogP contribution in [0.1, 0.15) is 6.42 Å². The Morgan fingerprint density at radius 1 is 1.55 bits per heavy atom. The van der Waals surface area contributed by atoms with Gasteiger partial charge in [-0.2, -0.15) is 0 Å². The molecule has 0 bridgehead atoms. The summed E-state index contributed by atoms with van der Waals surface area (Å²) in [7, 11) is 0. The summed E-state index contributed by atoms with van der Waals surface area (Å²) in [6, 6.07) is -0.799. The van der Waals surface area contributed by atoms with Crippen LogP contribution in [0.25, 0.3) is 10.4 Å². The molecule has 3 amide bonds. The molecule has 3 unspecified atom stereocenters. The molecular weight excluding hydrogens is 274 g/mol. The molecule has 0 radical (unpaired) electrons. The van der Waals surface area contributed by atoms with E-state index in [1.54, 1.807) is 0 Å². The Morgan fingerprint density at radius 2 is 2.25 bits per heavy atom. The number of aliphatic hydroxyl groups is 3. The standard InChI is InChI=1S/C9H13N5O6/c10-13-12-9(3-15)6(18)5(17)7(20-9)14-2-1-4(16)11-8(14)19/h5-7,15,17-18H,1-3H2,(H,11,16,19)/t5?,6?,7?,9-/m1/s1. The molecule has 0 aromatic rings. The molecule has 2 saturated heterocycles. The van der Waals surface area contributed by atoms with Crippen molar-refractivity contribution >= 4 is 11.9 Å². The summed E-state index contributed by atoms with van der Waals surface area (Å²) < 4.78 is 5.19. The summed E-state index contributed by atoms with van der Waals surface area (Å²) in [6.07, 6.45) is -4.64. The minimum Gasteiger partial charge on any atom is -0.393 e. The van der Waals surface area contributed by atoms with Gasteiger partial charge in [0.2, 0.25) is 11.6 Å². The molecule has 11 nitrogen and oxygen atoms in total. The molecule has 11 heteroatoms. The Kier molecular flexibility index (Phi) is 3.79. The molecule has 110 valence electrons. The number of aliphatic hydroxyl groups excluding tert-OH is 3. The van der Waals surface area contributed by atoms with Gasteiger partial charge in [0.05, 0.1) is 6.61 Å². The second kappa shape index (κ2) is 5.23. The average Bonchev–Trinajstić information content (AvgIpc) is 2.65. The number of hydrogen-bond donors (Lipinski definition) is 4. The number of urea groups is 1. The van der Waals surface area contributed by atoms with Crippen molar-refractivity contribution in [1.82, 2.24) is 10.2 Å². The zero-order valence-electron chi connectivity index (χ0n) is 10.2. The van der Waals surface area contributed by atoms with Gasteiger partial charge >= 0.3 is 6.03 Å². The first-order valence-corrected chi connectivity index (χ1v) is 5.76. The highest BCUT2D eigenvalue weighted by atomic mass is 16.6. The van der Waals surface area contributed by atoms with Crippen molar-refractivity contribution in [3.05, 3.63) is 10.4 Å². The summed E-state index contributed by atoms with van der Waals surface area (Å²) in [4.78, 5) is 26.1. The van der Waals surface area contributed by atoms with Crippen LogP contribution >= 0.6 is 0 Å². The van der Waals surface area contributed by atoms with E-state index in [2.05, 4.69) is 10.0 Å². The topological polar surface area (TPSA) is 168 Å². The van der Waals surface area contributed by atoms with Crippen LogP contribution in [-0.2, 0) is 9.53 Å². The number of rotatable bonds is 3. The van der Waals surface area contributed by atoms with E-state index in [-0.39, 0.29) is 13.0 Å². The fraction of sp³-hybridized carbons (Fsp3) is 0.778. The van der Waals surface area contributed by atoms with Crippen molar-refractivity contribution in [1.29, 1.82) is 0 Å². The SMILES string of the molecule is [N-]=[N+]=N[C@]1(CO)OC(N2CCC(=O)NC2=O)C(O)C1O. The number of hydrogen-bond acceptors (Lipinski definition) is 7. The maximum atomic E-state index is 11.7. The minimum atomic E-state index is -2.07. The second-order valence-electron chi connectivity index (χ2n) is 4.43. The Labute approximate surface area is 112 Å². The van der Waals surface area contributed by atoms with Crippen molar-refractivity contribution in [2.45, 2.75) is 30.6 Å². The van der Waals surface area contributed by atoms with Gasteiger partial charge in [-0.15, -0.1) is 0 Å². The maximum Gasteiger partial charge on any atom is 0.326 e. The van der Waals surface area contributed by atoms with E-state index < -0.39 is 42.7 Å². The zero-order valence-corrected chi connectivity index (χ0v) is 10.2. The van der Waals surface area contributed by atoms with Gasteiger partial charge in [-0.1, -0.05) is 5.11 Å². The summed E-state index contributed by atoms with van der Waals surface area (Å²) in [5.74, 6) is -0.470. The van der Waals surface area contributed by atoms with E-state index in [1.165, 1.54) is 0 Å². The molecule has 2 heterocycles. The lowest BCUT2D eigenvalue weighted by atomic mass is 10.1. The summed E-state index contributed by atoms with van der Waals surface area (Å²) in [6.45, 7) is -0.906. The van der Waals surface area contributed by atoms with Crippen LogP contribution in [0.2, 0.25) is 0 Å². The van der Waals surface area contributed by atoms with E-state index in [0.717, 1.165) is 4.90 Å². The quantitative estimate of drug-likeness (QED) is 0.266. The van der Waals surface area contributed by atoms with Crippen molar-refractivity contribution in [3.63, 3.8) is 0 Å². The fourth-order valence-corrected chi connectivity index (χ4v) is 2.16. The monoisotopic (exact) mass is 287 g/mol. The molecule has 2 aliphatic rings. The molecule has 0 aromatic heterocycles. The smallest absolute Gasteiger partial charge is 0.326 e. The van der Waals surface area contributed by atoms with Gasteiger partial charge < -0.3 is 20.1 Å². The van der Waals surface area contributed by atoms with Crippen molar-refractivity contribution in [3.8, 4) is 0 Å². The molecule has 20 heavy (non-hydrogen) atoms. The number of azide groups is 1. The van der Waals surface area contributed by atoms with Crippen molar-refractivity contribution < 1.29 is 29.6 Å². The summed E-state index contributed by atoms with van der Waals surface area (Å²) in [5.41, 5.74) is 6.38. The van der Waals surface area contributed by atoms with Gasteiger partial charge in [-0.3, -0.25) is 15.0 Å². The van der Waals surface area contributed by atoms with E-state index in [9.17, 15) is 24.9 Å². The van der Waals surface area contributed by atoms with E-state index >= 15 is 0 Å². The molecule has 0 spiro atoms. The number of carbonyl (C=O) groups excluding carboxylic acids is 2. The molecule has 0 aromatic carbocycles. The number of nitrogens with one attached hydrogen (secondary N) is 1. The number of imide groups is 1. The van der Waals surface area contributed by atoms with Crippen molar-refractivity contribution in [2.24, 2.45) is 5.11 Å². The second-order valence-corrected chi connectivity index (χ2v) is 4.43. The lowest BCUT2D eigenvalue weighted by Gasteiger charge is -2.33. The number of ether oxygens (including phenoxy) is 1. The predicted octanol–water partition coefficient (Wildman–Crippen LogP) is -1.99. The van der Waals surface area contributed by atoms with Gasteiger partial charge in [-0.05, 0) is 5.53 Å². The van der Waals surface area contributed by atoms with Gasteiger partial charge in [-0.25, -0.2) is 4.79 Å². The molecule has 2 aliphatic heterocycles. The third-order valence-electron chi connectivity index (χ3n) is 3.24. The predicted molar refractivity (Wildman–Crippen MR) is 60.7 cm³/mol. The average molecular weight is 287 g/mol. The Morgan fingerprint density at radius 3 is 2.80 bits per heavy atom.